The Morgan fingerprint density at radius 2 is 0.955 bits per heavy atom. The number of nitrogens with zero attached hydrogens (tertiary/aromatic N) is 1. The number of quaternary nitrogens is 1. The van der Waals surface area contributed by atoms with Gasteiger partial charge in [-0.05, 0) is 19.8 Å². The molecule has 1 N–H and O–H groups in total. The molecule has 0 fully saturated rings. The van der Waals surface area contributed by atoms with Crippen LogP contribution in [0.5, 0.6) is 0 Å². The summed E-state index contributed by atoms with van der Waals surface area (Å²) in [7, 11) is 2.16. The van der Waals surface area contributed by atoms with Gasteiger partial charge in [0.25, 0.3) is 0 Å². The van der Waals surface area contributed by atoms with Crippen LogP contribution in [0.15, 0.2) is 0 Å². The third kappa shape index (κ3) is 13.6. The maximum atomic E-state index is 9.36. The fourth-order valence-corrected chi connectivity index (χ4v) is 3.02. The number of hydrogen-bond donors (Lipinski definition) is 1. The fourth-order valence-electron chi connectivity index (χ4n) is 3.02. The zero-order chi connectivity index (χ0) is 16.5. The van der Waals surface area contributed by atoms with Crippen LogP contribution in [0, 0.1) is 0 Å². The number of hydrogen-bond acceptors (Lipinski definition) is 1. The molecule has 0 aliphatic rings. The van der Waals surface area contributed by atoms with Gasteiger partial charge in [0.15, 0.2) is 6.73 Å². The second-order valence-electron chi connectivity index (χ2n) is 7.40. The summed E-state index contributed by atoms with van der Waals surface area (Å²) in [6, 6.07) is 0. The van der Waals surface area contributed by atoms with E-state index in [1.807, 2.05) is 0 Å². The van der Waals surface area contributed by atoms with Gasteiger partial charge in [-0.25, -0.2) is 0 Å². The largest absolute Gasteiger partial charge is 0.347 e. The topological polar surface area (TPSA) is 20.2 Å². The summed E-state index contributed by atoms with van der Waals surface area (Å²) in [5.74, 6) is 0. The summed E-state index contributed by atoms with van der Waals surface area (Å²) in [5, 5.41) is 9.36. The second-order valence-corrected chi connectivity index (χ2v) is 7.40. The van der Waals surface area contributed by atoms with Crippen LogP contribution in [0.25, 0.3) is 0 Å². The number of aliphatic hydroxyl groups is 1. The first-order valence-electron chi connectivity index (χ1n) is 10.1. The second kappa shape index (κ2) is 15.8. The van der Waals surface area contributed by atoms with E-state index < -0.39 is 0 Å². The molecule has 1 unspecified atom stereocenters. The molecule has 0 aliphatic carbocycles. The Morgan fingerprint density at radius 3 is 1.27 bits per heavy atom. The minimum absolute atomic E-state index is 0.287. The predicted molar refractivity (Wildman–Crippen MR) is 99.0 cm³/mol. The Kier molecular flexibility index (Phi) is 15.7. The Hall–Kier alpha value is -0.0800. The molecule has 0 radical (unpaired) electrons. The van der Waals surface area contributed by atoms with Crippen LogP contribution in [0.2, 0.25) is 0 Å². The lowest BCUT2D eigenvalue weighted by molar-refractivity contribution is -0.925. The quantitative estimate of drug-likeness (QED) is 0.202. The van der Waals surface area contributed by atoms with Gasteiger partial charge in [-0.2, -0.15) is 0 Å². The van der Waals surface area contributed by atoms with Gasteiger partial charge >= 0.3 is 0 Å². The molecule has 0 aromatic heterocycles. The highest BCUT2D eigenvalue weighted by molar-refractivity contribution is 4.49. The lowest BCUT2D eigenvalue weighted by Gasteiger charge is -2.30. The van der Waals surface area contributed by atoms with Crippen LogP contribution >= 0.6 is 0 Å². The van der Waals surface area contributed by atoms with E-state index in [4.69, 9.17) is 0 Å². The first-order chi connectivity index (χ1) is 10.7. The van der Waals surface area contributed by atoms with Gasteiger partial charge in [-0.3, -0.25) is 0 Å². The highest BCUT2D eigenvalue weighted by Gasteiger charge is 2.15. The van der Waals surface area contributed by atoms with Crippen LogP contribution in [0.3, 0.4) is 0 Å². The predicted octanol–water partition coefficient (Wildman–Crippen LogP) is 5.88. The van der Waals surface area contributed by atoms with Crippen molar-refractivity contribution in [3.8, 4) is 0 Å². The average Bonchev–Trinajstić information content (AvgIpc) is 2.55. The SMILES string of the molecule is CCCCCCCCCCCCCCCC[N+](C)(CC)CO. The molecule has 0 heterocycles. The molecule has 0 aromatic rings. The summed E-state index contributed by atoms with van der Waals surface area (Å²) in [6.45, 7) is 6.91. The van der Waals surface area contributed by atoms with E-state index in [1.165, 1.54) is 89.9 Å². The van der Waals surface area contributed by atoms with Crippen molar-refractivity contribution < 1.29 is 9.59 Å². The van der Waals surface area contributed by atoms with Crippen molar-refractivity contribution in [2.24, 2.45) is 0 Å². The van der Waals surface area contributed by atoms with Gasteiger partial charge in [0.1, 0.15) is 0 Å². The molecule has 2 nitrogen and oxygen atoms in total. The van der Waals surface area contributed by atoms with Gasteiger partial charge < -0.3 is 9.59 Å². The zero-order valence-corrected chi connectivity index (χ0v) is 15.9. The molecule has 0 rings (SSSR count). The molecular weight excluding hydrogens is 270 g/mol. The molecule has 1 atom stereocenters. The standard InChI is InChI=1S/C20H44NO/c1-4-6-7-8-9-10-11-12-13-14-15-16-17-18-19-21(3,5-2)20-22/h22H,4-20H2,1-3H3/q+1. The summed E-state index contributed by atoms with van der Waals surface area (Å²) in [6.07, 6.45) is 19.8. The van der Waals surface area contributed by atoms with Crippen molar-refractivity contribution in [1.29, 1.82) is 0 Å². The van der Waals surface area contributed by atoms with E-state index in [2.05, 4.69) is 20.9 Å². The molecule has 134 valence electrons. The summed E-state index contributed by atoms with van der Waals surface area (Å²) < 4.78 is 0.818. The number of aliphatic hydroxyl groups excluding tert-OH is 1. The van der Waals surface area contributed by atoms with E-state index in [1.54, 1.807) is 0 Å². The molecule has 0 saturated heterocycles. The molecule has 22 heavy (non-hydrogen) atoms. The van der Waals surface area contributed by atoms with Crippen molar-refractivity contribution in [3.63, 3.8) is 0 Å². The third-order valence-electron chi connectivity index (χ3n) is 5.16. The Morgan fingerprint density at radius 1 is 0.591 bits per heavy atom. The van der Waals surface area contributed by atoms with E-state index in [9.17, 15) is 5.11 Å². The number of unbranched alkanes of at least 4 members (excludes halogenated alkanes) is 13. The minimum atomic E-state index is 0.287. The van der Waals surface area contributed by atoms with Gasteiger partial charge in [-0.15, -0.1) is 0 Å². The summed E-state index contributed by atoms with van der Waals surface area (Å²) in [4.78, 5) is 0. The molecule has 0 aromatic carbocycles. The van der Waals surface area contributed by atoms with Crippen molar-refractivity contribution in [3.05, 3.63) is 0 Å². The van der Waals surface area contributed by atoms with Crippen LogP contribution < -0.4 is 0 Å². The minimum Gasteiger partial charge on any atom is -0.347 e. The molecule has 0 amide bonds. The number of rotatable bonds is 17. The Labute approximate surface area is 140 Å². The molecule has 0 spiro atoms. The maximum absolute atomic E-state index is 9.36. The zero-order valence-electron chi connectivity index (χ0n) is 15.9. The summed E-state index contributed by atoms with van der Waals surface area (Å²) >= 11 is 0. The van der Waals surface area contributed by atoms with Crippen molar-refractivity contribution >= 4 is 0 Å². The monoisotopic (exact) mass is 314 g/mol. The lowest BCUT2D eigenvalue weighted by atomic mass is 10.0. The molecule has 0 saturated carbocycles. The Balaban J connectivity index is 3.14. The average molecular weight is 315 g/mol. The van der Waals surface area contributed by atoms with Gasteiger partial charge in [0.05, 0.1) is 20.1 Å². The first kappa shape index (κ1) is 21.9. The molecular formula is C20H44NO+. The van der Waals surface area contributed by atoms with Crippen LogP contribution in [-0.4, -0.2) is 36.5 Å². The first-order valence-corrected chi connectivity index (χ1v) is 10.1. The van der Waals surface area contributed by atoms with Gasteiger partial charge in [-0.1, -0.05) is 84.0 Å². The molecule has 0 bridgehead atoms. The normalized spacial score (nSPS) is 14.2. The third-order valence-corrected chi connectivity index (χ3v) is 5.16. The van der Waals surface area contributed by atoms with Gasteiger partial charge in [0, 0.05) is 0 Å². The van der Waals surface area contributed by atoms with Crippen LogP contribution in [0.1, 0.15) is 104 Å². The highest BCUT2D eigenvalue weighted by atomic mass is 16.3. The fraction of sp³-hybridized carbons (Fsp3) is 1.00. The van der Waals surface area contributed by atoms with Crippen LogP contribution in [-0.2, 0) is 0 Å². The summed E-state index contributed by atoms with van der Waals surface area (Å²) in [5.41, 5.74) is 0. The van der Waals surface area contributed by atoms with E-state index >= 15 is 0 Å². The molecule has 2 heteroatoms. The van der Waals surface area contributed by atoms with Crippen molar-refractivity contribution in [1.82, 2.24) is 0 Å². The molecule has 0 aliphatic heterocycles. The maximum Gasteiger partial charge on any atom is 0.180 e. The Bertz CT molecular complexity index is 214. The van der Waals surface area contributed by atoms with Gasteiger partial charge in [0.2, 0.25) is 0 Å². The van der Waals surface area contributed by atoms with Crippen molar-refractivity contribution in [2.45, 2.75) is 104 Å². The van der Waals surface area contributed by atoms with Crippen molar-refractivity contribution in [2.75, 3.05) is 26.9 Å². The smallest absolute Gasteiger partial charge is 0.180 e. The van der Waals surface area contributed by atoms with Crippen LogP contribution in [0.4, 0.5) is 0 Å². The van der Waals surface area contributed by atoms with E-state index in [-0.39, 0.29) is 6.73 Å². The van der Waals surface area contributed by atoms with E-state index in [0.717, 1.165) is 17.6 Å². The lowest BCUT2D eigenvalue weighted by Crippen LogP contribution is -2.45. The highest BCUT2D eigenvalue weighted by Crippen LogP contribution is 2.13. The van der Waals surface area contributed by atoms with E-state index in [0.29, 0.717) is 0 Å².